The van der Waals surface area contributed by atoms with Gasteiger partial charge in [0.05, 0.1) is 7.05 Å². The molecular weight excluding hydrogens is 297 g/mol. The van der Waals surface area contributed by atoms with E-state index in [0.717, 1.165) is 4.90 Å². The first-order chi connectivity index (χ1) is 10.6. The molecule has 0 spiro atoms. The first kappa shape index (κ1) is 19.1. The number of carbonyl (C=O) groups excluding carboxylic acids is 2. The van der Waals surface area contributed by atoms with E-state index in [1.165, 1.54) is 11.0 Å². The summed E-state index contributed by atoms with van der Waals surface area (Å²) >= 11 is 0. The lowest BCUT2D eigenvalue weighted by Gasteiger charge is -2.23. The van der Waals surface area contributed by atoms with E-state index in [1.54, 1.807) is 32.3 Å². The summed E-state index contributed by atoms with van der Waals surface area (Å²) in [5, 5.41) is 2.87. The number of benzene rings is 1. The summed E-state index contributed by atoms with van der Waals surface area (Å²) in [4.78, 5) is 26.3. The van der Waals surface area contributed by atoms with E-state index in [2.05, 4.69) is 5.32 Å². The lowest BCUT2D eigenvalue weighted by Crippen LogP contribution is -3.11. The average molecular weight is 324 g/mol. The molecule has 23 heavy (non-hydrogen) atoms. The van der Waals surface area contributed by atoms with Crippen LogP contribution in [0.4, 0.5) is 4.39 Å². The van der Waals surface area contributed by atoms with E-state index >= 15 is 0 Å². The van der Waals surface area contributed by atoms with Gasteiger partial charge in [0.15, 0.2) is 13.1 Å². The molecule has 1 aromatic rings. The summed E-state index contributed by atoms with van der Waals surface area (Å²) in [5.41, 5.74) is 0.190. The first-order valence-electron chi connectivity index (χ1n) is 7.68. The SMILES string of the molecule is CN(Cc1ccccc1F)C(=O)C[NH+](C)CC(=O)NC(C)(C)C. The maximum absolute atomic E-state index is 13.6. The molecule has 0 aliphatic carbocycles. The topological polar surface area (TPSA) is 53.9 Å². The van der Waals surface area contributed by atoms with Crippen LogP contribution in [0.25, 0.3) is 0 Å². The largest absolute Gasteiger partial charge is 0.347 e. The van der Waals surface area contributed by atoms with E-state index < -0.39 is 0 Å². The van der Waals surface area contributed by atoms with Crippen molar-refractivity contribution in [2.24, 2.45) is 0 Å². The minimum Gasteiger partial charge on any atom is -0.347 e. The number of halogens is 1. The molecule has 0 radical (unpaired) electrons. The van der Waals surface area contributed by atoms with Crippen LogP contribution in [0.15, 0.2) is 24.3 Å². The second-order valence-electron chi connectivity index (χ2n) is 6.95. The van der Waals surface area contributed by atoms with Crippen molar-refractivity contribution in [3.05, 3.63) is 35.6 Å². The molecule has 0 aromatic heterocycles. The van der Waals surface area contributed by atoms with Gasteiger partial charge in [-0.3, -0.25) is 9.59 Å². The van der Waals surface area contributed by atoms with Crippen molar-refractivity contribution < 1.29 is 18.9 Å². The number of likely N-dealkylation sites (N-methyl/N-ethyl adjacent to an activating group) is 2. The fraction of sp³-hybridized carbons (Fsp3) is 0.529. The molecule has 0 bridgehead atoms. The lowest BCUT2D eigenvalue weighted by atomic mass is 10.1. The molecule has 0 fully saturated rings. The number of rotatable bonds is 6. The molecular formula is C17H27FN3O2+. The maximum Gasteiger partial charge on any atom is 0.277 e. The highest BCUT2D eigenvalue weighted by Gasteiger charge is 2.20. The molecule has 6 heteroatoms. The predicted molar refractivity (Wildman–Crippen MR) is 87.4 cm³/mol. The van der Waals surface area contributed by atoms with Gasteiger partial charge in [-0.2, -0.15) is 0 Å². The second kappa shape index (κ2) is 8.06. The molecule has 0 saturated carbocycles. The van der Waals surface area contributed by atoms with Crippen molar-refractivity contribution in [3.63, 3.8) is 0 Å². The van der Waals surface area contributed by atoms with Crippen LogP contribution >= 0.6 is 0 Å². The Kier molecular flexibility index (Phi) is 6.69. The first-order valence-corrected chi connectivity index (χ1v) is 7.68. The molecule has 2 N–H and O–H groups in total. The van der Waals surface area contributed by atoms with Gasteiger partial charge in [-0.05, 0) is 26.8 Å². The number of carbonyl (C=O) groups is 2. The zero-order valence-corrected chi connectivity index (χ0v) is 14.6. The van der Waals surface area contributed by atoms with Gasteiger partial charge in [-0.25, -0.2) is 4.39 Å². The molecule has 1 aromatic carbocycles. The minimum atomic E-state index is -0.322. The molecule has 0 aliphatic rings. The number of quaternary nitrogens is 1. The summed E-state index contributed by atoms with van der Waals surface area (Å²) < 4.78 is 13.6. The van der Waals surface area contributed by atoms with Gasteiger partial charge in [-0.15, -0.1) is 0 Å². The van der Waals surface area contributed by atoms with Crippen molar-refractivity contribution >= 4 is 11.8 Å². The number of nitrogens with zero attached hydrogens (tertiary/aromatic N) is 1. The summed E-state index contributed by atoms with van der Waals surface area (Å²) in [5.74, 6) is -0.550. The number of amides is 2. The quantitative estimate of drug-likeness (QED) is 0.786. The lowest BCUT2D eigenvalue weighted by molar-refractivity contribution is -0.863. The monoisotopic (exact) mass is 324 g/mol. The molecule has 2 amide bonds. The highest BCUT2D eigenvalue weighted by Crippen LogP contribution is 2.08. The van der Waals surface area contributed by atoms with Crippen molar-refractivity contribution in [1.82, 2.24) is 10.2 Å². The molecule has 128 valence electrons. The van der Waals surface area contributed by atoms with E-state index in [4.69, 9.17) is 0 Å². The Morgan fingerprint density at radius 1 is 1.22 bits per heavy atom. The van der Waals surface area contributed by atoms with Gasteiger partial charge in [0.1, 0.15) is 5.82 Å². The summed E-state index contributed by atoms with van der Waals surface area (Å²) in [6, 6.07) is 6.39. The van der Waals surface area contributed by atoms with Gasteiger partial charge in [-0.1, -0.05) is 18.2 Å². The van der Waals surface area contributed by atoms with E-state index in [1.807, 2.05) is 20.8 Å². The van der Waals surface area contributed by atoms with Crippen molar-refractivity contribution in [1.29, 1.82) is 0 Å². The van der Waals surface area contributed by atoms with E-state index in [9.17, 15) is 14.0 Å². The molecule has 1 unspecified atom stereocenters. The maximum atomic E-state index is 13.6. The minimum absolute atomic E-state index is 0.0976. The Morgan fingerprint density at radius 2 is 1.83 bits per heavy atom. The third-order valence-electron chi connectivity index (χ3n) is 3.22. The molecule has 0 heterocycles. The third kappa shape index (κ3) is 7.23. The van der Waals surface area contributed by atoms with Crippen LogP contribution in [0.5, 0.6) is 0 Å². The summed E-state index contributed by atoms with van der Waals surface area (Å²) in [7, 11) is 3.42. The van der Waals surface area contributed by atoms with Crippen LogP contribution < -0.4 is 10.2 Å². The number of nitrogens with one attached hydrogen (secondary N) is 2. The zero-order valence-electron chi connectivity index (χ0n) is 14.6. The highest BCUT2D eigenvalue weighted by molar-refractivity contribution is 5.79. The van der Waals surface area contributed by atoms with Crippen LogP contribution in [0.1, 0.15) is 26.3 Å². The Hall–Kier alpha value is -1.95. The summed E-state index contributed by atoms with van der Waals surface area (Å²) in [6.07, 6.45) is 0. The second-order valence-corrected chi connectivity index (χ2v) is 6.95. The van der Waals surface area contributed by atoms with Crippen LogP contribution in [0.2, 0.25) is 0 Å². The number of hydrogen-bond donors (Lipinski definition) is 2. The fourth-order valence-electron chi connectivity index (χ4n) is 2.16. The van der Waals surface area contributed by atoms with Crippen molar-refractivity contribution in [2.45, 2.75) is 32.9 Å². The van der Waals surface area contributed by atoms with Gasteiger partial charge >= 0.3 is 0 Å². The van der Waals surface area contributed by atoms with Gasteiger partial charge < -0.3 is 15.1 Å². The molecule has 0 saturated heterocycles. The molecule has 0 aliphatic heterocycles. The smallest absolute Gasteiger partial charge is 0.277 e. The summed E-state index contributed by atoms with van der Waals surface area (Å²) in [6.45, 7) is 6.35. The Labute approximate surface area is 137 Å². The van der Waals surface area contributed by atoms with Gasteiger partial charge in [0, 0.05) is 24.7 Å². The van der Waals surface area contributed by atoms with E-state index in [0.29, 0.717) is 5.56 Å². The zero-order chi connectivity index (χ0) is 17.6. The van der Waals surface area contributed by atoms with Crippen LogP contribution in [0.3, 0.4) is 0 Å². The van der Waals surface area contributed by atoms with Crippen LogP contribution in [-0.4, -0.2) is 49.4 Å². The Balaban J connectivity index is 2.48. The predicted octanol–water partition coefficient (Wildman–Crippen LogP) is 0.214. The van der Waals surface area contributed by atoms with E-state index in [-0.39, 0.29) is 42.8 Å². The Morgan fingerprint density at radius 3 is 2.39 bits per heavy atom. The molecule has 1 rings (SSSR count). The van der Waals surface area contributed by atoms with Crippen LogP contribution in [0, 0.1) is 5.82 Å². The van der Waals surface area contributed by atoms with Crippen LogP contribution in [-0.2, 0) is 16.1 Å². The fourth-order valence-corrected chi connectivity index (χ4v) is 2.16. The van der Waals surface area contributed by atoms with Crippen molar-refractivity contribution in [2.75, 3.05) is 27.2 Å². The third-order valence-corrected chi connectivity index (χ3v) is 3.22. The average Bonchev–Trinajstić information content (AvgIpc) is 2.38. The van der Waals surface area contributed by atoms with Crippen molar-refractivity contribution in [3.8, 4) is 0 Å². The normalized spacial score (nSPS) is 12.6. The number of hydrogen-bond acceptors (Lipinski definition) is 2. The molecule has 1 atom stereocenters. The Bertz CT molecular complexity index is 555. The van der Waals surface area contributed by atoms with Gasteiger partial charge in [0.2, 0.25) is 0 Å². The molecule has 5 nitrogen and oxygen atoms in total. The van der Waals surface area contributed by atoms with Gasteiger partial charge in [0.25, 0.3) is 11.8 Å². The standard InChI is InChI=1S/C17H26FN3O2/c1-17(2,3)19-15(22)11-20(4)12-16(23)21(5)10-13-8-6-7-9-14(13)18/h6-9H,10-12H2,1-5H3,(H,19,22)/p+1. The highest BCUT2D eigenvalue weighted by atomic mass is 19.1.